The first-order valence-corrected chi connectivity index (χ1v) is 32.9. The second-order valence-corrected chi connectivity index (χ2v) is 22.0. The molecule has 0 aromatic heterocycles. The van der Waals surface area contributed by atoms with E-state index < -0.39 is 6.10 Å². The first-order chi connectivity index (χ1) is 37.5. The van der Waals surface area contributed by atoms with Crippen molar-refractivity contribution in [3.05, 3.63) is 72.9 Å². The van der Waals surface area contributed by atoms with Gasteiger partial charge in [0.05, 0.1) is 0 Å². The van der Waals surface area contributed by atoms with E-state index in [1.54, 1.807) is 0 Å². The highest BCUT2D eigenvalue weighted by Gasteiger charge is 2.19. The Balaban J connectivity index is 4.19. The van der Waals surface area contributed by atoms with Gasteiger partial charge in [0, 0.05) is 19.3 Å². The van der Waals surface area contributed by atoms with Crippen LogP contribution in [0.25, 0.3) is 0 Å². The molecule has 0 aliphatic rings. The summed E-state index contributed by atoms with van der Waals surface area (Å²) >= 11 is 0. The van der Waals surface area contributed by atoms with Crippen LogP contribution in [-0.2, 0) is 28.6 Å². The Bertz CT molecular complexity index is 1400. The first-order valence-electron chi connectivity index (χ1n) is 32.9. The van der Waals surface area contributed by atoms with Gasteiger partial charge >= 0.3 is 17.9 Å². The number of esters is 3. The lowest BCUT2D eigenvalue weighted by Gasteiger charge is -2.18. The van der Waals surface area contributed by atoms with E-state index in [0.717, 1.165) is 103 Å². The molecular weight excluding hydrogens is 937 g/mol. The predicted molar refractivity (Wildman–Crippen MR) is 330 cm³/mol. The molecule has 0 radical (unpaired) electrons. The number of hydrogen-bond donors (Lipinski definition) is 0. The van der Waals surface area contributed by atoms with E-state index in [1.807, 2.05) is 0 Å². The average Bonchev–Trinajstić information content (AvgIpc) is 3.42. The summed E-state index contributed by atoms with van der Waals surface area (Å²) in [5, 5.41) is 0. The van der Waals surface area contributed by atoms with Crippen LogP contribution in [0.5, 0.6) is 0 Å². The molecule has 0 aromatic carbocycles. The smallest absolute Gasteiger partial charge is 0.306 e. The van der Waals surface area contributed by atoms with Crippen molar-refractivity contribution < 1.29 is 28.6 Å². The molecule has 0 heterocycles. The molecule has 0 bridgehead atoms. The lowest BCUT2D eigenvalue weighted by Crippen LogP contribution is -2.30. The molecule has 0 rings (SSSR count). The van der Waals surface area contributed by atoms with Crippen molar-refractivity contribution in [2.24, 2.45) is 0 Å². The first kappa shape index (κ1) is 72.8. The zero-order valence-corrected chi connectivity index (χ0v) is 50.5. The van der Waals surface area contributed by atoms with Crippen LogP contribution in [-0.4, -0.2) is 37.2 Å². The Morgan fingerprint density at radius 2 is 0.539 bits per heavy atom. The molecule has 0 aromatic rings. The summed E-state index contributed by atoms with van der Waals surface area (Å²) in [6.07, 6.45) is 83.6. The van der Waals surface area contributed by atoms with Crippen LogP contribution >= 0.6 is 0 Å². The van der Waals surface area contributed by atoms with Gasteiger partial charge in [-0.3, -0.25) is 14.4 Å². The summed E-state index contributed by atoms with van der Waals surface area (Å²) in [6.45, 7) is 6.49. The molecule has 6 nitrogen and oxygen atoms in total. The van der Waals surface area contributed by atoms with E-state index in [2.05, 4.69) is 93.7 Å². The largest absolute Gasteiger partial charge is 0.462 e. The fraction of sp³-hybridized carbons (Fsp3) is 0.786. The number of allylic oxidation sites excluding steroid dienone is 12. The number of carbonyl (C=O) groups is 3. The average molecular weight is 1060 g/mol. The lowest BCUT2D eigenvalue weighted by atomic mass is 10.0. The fourth-order valence-electron chi connectivity index (χ4n) is 9.49. The Hall–Kier alpha value is -3.15. The minimum absolute atomic E-state index is 0.0792. The molecule has 0 aliphatic carbocycles. The van der Waals surface area contributed by atoms with Gasteiger partial charge in [-0.15, -0.1) is 0 Å². The van der Waals surface area contributed by atoms with Crippen molar-refractivity contribution in [2.75, 3.05) is 13.2 Å². The Kier molecular flexibility index (Phi) is 61.7. The van der Waals surface area contributed by atoms with Crippen LogP contribution in [0, 0.1) is 0 Å². The maximum absolute atomic E-state index is 12.9. The minimum atomic E-state index is -0.783. The standard InChI is InChI=1S/C70H124O6/c1-4-7-10-13-16-19-22-24-26-28-30-32-33-34-35-36-37-39-40-42-44-46-48-51-54-57-60-63-69(72)75-66-67(65-74-68(71)62-59-56-53-50-21-18-15-12-9-6-3)76-70(73)64-61-58-55-52-49-47-45-43-41-38-31-29-27-25-23-20-17-14-11-8-5-2/h8,11-12,15,17,20,25,27-28,30-31,38,67H,4-7,9-10,13-14,16,18-19,21-24,26,29,32-37,39-66H2,1-3H3/b11-8-,15-12-,20-17-,27-25-,30-28-,38-31-. The van der Waals surface area contributed by atoms with Gasteiger partial charge in [-0.05, 0) is 103 Å². The van der Waals surface area contributed by atoms with Gasteiger partial charge in [0.2, 0.25) is 0 Å². The SMILES string of the molecule is CC/C=C\C/C=C\C/C=C\C/C=C\CCCCCCCCCCC(=O)OC(COC(=O)CCCCCCC/C=C\CCC)COC(=O)CCCCCCCCCCCCCCCCC/C=C\CCCCCCCCCC. The molecule has 76 heavy (non-hydrogen) atoms. The van der Waals surface area contributed by atoms with Crippen LogP contribution in [0.1, 0.15) is 335 Å². The quantitative estimate of drug-likeness (QED) is 0.0261. The highest BCUT2D eigenvalue weighted by molar-refractivity contribution is 5.71. The molecule has 440 valence electrons. The fourth-order valence-corrected chi connectivity index (χ4v) is 9.49. The van der Waals surface area contributed by atoms with Gasteiger partial charge in [0.25, 0.3) is 0 Å². The number of carbonyl (C=O) groups excluding carboxylic acids is 3. The van der Waals surface area contributed by atoms with Crippen LogP contribution in [0.15, 0.2) is 72.9 Å². The van der Waals surface area contributed by atoms with Gasteiger partial charge < -0.3 is 14.2 Å². The lowest BCUT2D eigenvalue weighted by molar-refractivity contribution is -0.167. The van der Waals surface area contributed by atoms with E-state index in [4.69, 9.17) is 14.2 Å². The number of ether oxygens (including phenoxy) is 3. The second kappa shape index (κ2) is 64.4. The molecule has 1 unspecified atom stereocenters. The Morgan fingerprint density at radius 3 is 0.868 bits per heavy atom. The number of hydrogen-bond acceptors (Lipinski definition) is 6. The highest BCUT2D eigenvalue weighted by Crippen LogP contribution is 2.17. The molecule has 0 aliphatic heterocycles. The normalized spacial score (nSPS) is 12.5. The zero-order chi connectivity index (χ0) is 55.0. The summed E-state index contributed by atoms with van der Waals surface area (Å²) in [5.74, 6) is -0.885. The minimum Gasteiger partial charge on any atom is -0.462 e. The van der Waals surface area contributed by atoms with Crippen LogP contribution in [0.4, 0.5) is 0 Å². The van der Waals surface area contributed by atoms with E-state index in [-0.39, 0.29) is 31.1 Å². The third kappa shape index (κ3) is 61.7. The van der Waals surface area contributed by atoms with Crippen LogP contribution < -0.4 is 0 Å². The molecule has 0 spiro atoms. The third-order valence-corrected chi connectivity index (χ3v) is 14.4. The molecule has 6 heteroatoms. The maximum atomic E-state index is 12.9. The van der Waals surface area contributed by atoms with E-state index in [9.17, 15) is 14.4 Å². The number of rotatable bonds is 60. The Morgan fingerprint density at radius 1 is 0.276 bits per heavy atom. The molecule has 0 fully saturated rings. The van der Waals surface area contributed by atoms with Gasteiger partial charge in [-0.25, -0.2) is 0 Å². The van der Waals surface area contributed by atoms with Crippen molar-refractivity contribution in [1.29, 1.82) is 0 Å². The van der Waals surface area contributed by atoms with Crippen molar-refractivity contribution in [1.82, 2.24) is 0 Å². The van der Waals surface area contributed by atoms with Crippen molar-refractivity contribution in [2.45, 2.75) is 341 Å². The monoisotopic (exact) mass is 1060 g/mol. The van der Waals surface area contributed by atoms with Crippen molar-refractivity contribution in [3.8, 4) is 0 Å². The summed E-state index contributed by atoms with van der Waals surface area (Å²) in [4.78, 5) is 38.2. The van der Waals surface area contributed by atoms with Crippen molar-refractivity contribution >= 4 is 17.9 Å². The summed E-state index contributed by atoms with van der Waals surface area (Å²) < 4.78 is 16.9. The second-order valence-electron chi connectivity index (χ2n) is 22.0. The molecule has 0 saturated carbocycles. The molecule has 0 N–H and O–H groups in total. The van der Waals surface area contributed by atoms with Gasteiger partial charge in [-0.2, -0.15) is 0 Å². The molecular formula is C70H124O6. The summed E-state index contributed by atoms with van der Waals surface area (Å²) in [7, 11) is 0. The molecule has 0 amide bonds. The van der Waals surface area contributed by atoms with Gasteiger partial charge in [0.1, 0.15) is 13.2 Å². The molecule has 1 atom stereocenters. The zero-order valence-electron chi connectivity index (χ0n) is 50.5. The van der Waals surface area contributed by atoms with E-state index in [0.29, 0.717) is 19.3 Å². The Labute approximate surface area is 472 Å². The summed E-state index contributed by atoms with van der Waals surface area (Å²) in [6, 6.07) is 0. The van der Waals surface area contributed by atoms with Crippen LogP contribution in [0.3, 0.4) is 0 Å². The van der Waals surface area contributed by atoms with Gasteiger partial charge in [0.15, 0.2) is 6.10 Å². The highest BCUT2D eigenvalue weighted by atomic mass is 16.6. The summed E-state index contributed by atoms with van der Waals surface area (Å²) in [5.41, 5.74) is 0. The van der Waals surface area contributed by atoms with E-state index in [1.165, 1.54) is 193 Å². The predicted octanol–water partition coefficient (Wildman–Crippen LogP) is 22.5. The van der Waals surface area contributed by atoms with Crippen LogP contribution in [0.2, 0.25) is 0 Å². The van der Waals surface area contributed by atoms with Gasteiger partial charge in [-0.1, -0.05) is 286 Å². The maximum Gasteiger partial charge on any atom is 0.306 e. The van der Waals surface area contributed by atoms with E-state index >= 15 is 0 Å². The van der Waals surface area contributed by atoms with Crippen molar-refractivity contribution in [3.63, 3.8) is 0 Å². The topological polar surface area (TPSA) is 78.9 Å². The third-order valence-electron chi connectivity index (χ3n) is 14.4. The number of unbranched alkanes of at least 4 members (excludes halogenated alkanes) is 37. The molecule has 0 saturated heterocycles.